The predicted octanol–water partition coefficient (Wildman–Crippen LogP) is 2.02. The second-order valence-corrected chi connectivity index (χ2v) is 9.90. The van der Waals surface area contributed by atoms with Crippen molar-refractivity contribution < 1.29 is 13.2 Å². The molecular formula is C20H31N3O3S. The molecule has 27 heavy (non-hydrogen) atoms. The summed E-state index contributed by atoms with van der Waals surface area (Å²) in [5, 5.41) is 0. The molecule has 0 aromatic heterocycles. The van der Waals surface area contributed by atoms with E-state index in [1.807, 2.05) is 33.8 Å². The zero-order valence-electron chi connectivity index (χ0n) is 16.8. The van der Waals surface area contributed by atoms with Gasteiger partial charge in [0.05, 0.1) is 10.9 Å². The highest BCUT2D eigenvalue weighted by Gasteiger charge is 2.38. The average molecular weight is 394 g/mol. The van der Waals surface area contributed by atoms with Crippen LogP contribution >= 0.6 is 0 Å². The first kappa shape index (κ1) is 20.3. The zero-order valence-corrected chi connectivity index (χ0v) is 17.6. The SMILES string of the molecule is Cc1cc(C)c(C)c(S(=O)(=O)N2CCC(N3CCCC3C(N)=O)CC2)c1C. The molecular weight excluding hydrogens is 362 g/mol. The molecule has 2 aliphatic heterocycles. The van der Waals surface area contributed by atoms with Gasteiger partial charge >= 0.3 is 0 Å². The first-order valence-electron chi connectivity index (χ1n) is 9.77. The summed E-state index contributed by atoms with van der Waals surface area (Å²) in [6.07, 6.45) is 3.28. The van der Waals surface area contributed by atoms with Crippen LogP contribution in [0.25, 0.3) is 0 Å². The first-order valence-corrected chi connectivity index (χ1v) is 11.2. The number of nitrogens with zero attached hydrogens (tertiary/aromatic N) is 2. The summed E-state index contributed by atoms with van der Waals surface area (Å²) in [5.74, 6) is -0.260. The lowest BCUT2D eigenvalue weighted by atomic mass is 10.0. The second kappa shape index (κ2) is 7.53. The fourth-order valence-corrected chi connectivity index (χ4v) is 6.69. The molecule has 6 nitrogen and oxygen atoms in total. The van der Waals surface area contributed by atoms with Crippen molar-refractivity contribution in [1.29, 1.82) is 0 Å². The number of piperidine rings is 1. The molecule has 7 heteroatoms. The van der Waals surface area contributed by atoms with Gasteiger partial charge in [0, 0.05) is 19.1 Å². The molecule has 0 aliphatic carbocycles. The molecule has 1 aromatic rings. The highest BCUT2D eigenvalue weighted by molar-refractivity contribution is 7.89. The van der Waals surface area contributed by atoms with Crippen molar-refractivity contribution in [1.82, 2.24) is 9.21 Å². The van der Waals surface area contributed by atoms with Gasteiger partial charge in [-0.1, -0.05) is 6.07 Å². The summed E-state index contributed by atoms with van der Waals surface area (Å²) in [4.78, 5) is 14.3. The van der Waals surface area contributed by atoms with Crippen molar-refractivity contribution in [3.05, 3.63) is 28.3 Å². The molecule has 2 N–H and O–H groups in total. The summed E-state index contributed by atoms with van der Waals surface area (Å²) >= 11 is 0. The summed E-state index contributed by atoms with van der Waals surface area (Å²) in [5.41, 5.74) is 9.24. The molecule has 150 valence electrons. The largest absolute Gasteiger partial charge is 0.368 e. The molecule has 2 aliphatic rings. The molecule has 1 atom stereocenters. The number of aryl methyl sites for hydroxylation is 2. The van der Waals surface area contributed by atoms with Gasteiger partial charge < -0.3 is 5.73 Å². The Kier molecular flexibility index (Phi) is 5.66. The topological polar surface area (TPSA) is 83.7 Å². The molecule has 1 unspecified atom stereocenters. The number of carbonyl (C=O) groups excluding carboxylic acids is 1. The summed E-state index contributed by atoms with van der Waals surface area (Å²) in [6.45, 7) is 9.56. The third-order valence-corrected chi connectivity index (χ3v) is 8.58. The fourth-order valence-electron chi connectivity index (χ4n) is 4.64. The van der Waals surface area contributed by atoms with Gasteiger partial charge in [-0.2, -0.15) is 4.31 Å². The van der Waals surface area contributed by atoms with E-state index >= 15 is 0 Å². The monoisotopic (exact) mass is 393 g/mol. The van der Waals surface area contributed by atoms with Crippen molar-refractivity contribution in [3.63, 3.8) is 0 Å². The van der Waals surface area contributed by atoms with Gasteiger partial charge in [0.2, 0.25) is 15.9 Å². The third-order valence-electron chi connectivity index (χ3n) is 6.41. The van der Waals surface area contributed by atoms with E-state index < -0.39 is 10.0 Å². The lowest BCUT2D eigenvalue weighted by Gasteiger charge is -2.38. The van der Waals surface area contributed by atoms with Crippen molar-refractivity contribution in [2.24, 2.45) is 5.73 Å². The molecule has 0 saturated carbocycles. The van der Waals surface area contributed by atoms with Gasteiger partial charge in [0.25, 0.3) is 0 Å². The van der Waals surface area contributed by atoms with E-state index in [0.29, 0.717) is 18.0 Å². The van der Waals surface area contributed by atoms with Crippen molar-refractivity contribution >= 4 is 15.9 Å². The van der Waals surface area contributed by atoms with Gasteiger partial charge in [0.1, 0.15) is 0 Å². The lowest BCUT2D eigenvalue weighted by Crippen LogP contribution is -2.51. The lowest BCUT2D eigenvalue weighted by molar-refractivity contribution is -0.123. The normalized spacial score (nSPS) is 23.0. The van der Waals surface area contributed by atoms with Gasteiger partial charge in [-0.15, -0.1) is 0 Å². The van der Waals surface area contributed by atoms with Crippen LogP contribution in [-0.2, 0) is 14.8 Å². The van der Waals surface area contributed by atoms with E-state index in [1.165, 1.54) is 0 Å². The van der Waals surface area contributed by atoms with Gasteiger partial charge in [-0.3, -0.25) is 9.69 Å². The highest BCUT2D eigenvalue weighted by Crippen LogP contribution is 2.32. The van der Waals surface area contributed by atoms with Crippen LogP contribution in [0.2, 0.25) is 0 Å². The van der Waals surface area contributed by atoms with Crippen LogP contribution in [0.5, 0.6) is 0 Å². The van der Waals surface area contributed by atoms with E-state index in [1.54, 1.807) is 4.31 Å². The number of hydrogen-bond acceptors (Lipinski definition) is 4. The Morgan fingerprint density at radius 2 is 1.56 bits per heavy atom. The Morgan fingerprint density at radius 1 is 1.00 bits per heavy atom. The Labute approximate surface area is 162 Å². The molecule has 1 amide bonds. The number of amides is 1. The van der Waals surface area contributed by atoms with Crippen LogP contribution in [0.3, 0.4) is 0 Å². The standard InChI is InChI=1S/C20H31N3O3S/c1-13-12-14(2)16(4)19(15(13)3)27(25,26)22-10-7-17(8-11-22)23-9-5-6-18(23)20(21)24/h12,17-18H,5-11H2,1-4H3,(H2,21,24). The number of benzene rings is 1. The fraction of sp³-hybridized carbons (Fsp3) is 0.650. The van der Waals surface area contributed by atoms with E-state index in [4.69, 9.17) is 5.73 Å². The number of sulfonamides is 1. The van der Waals surface area contributed by atoms with Crippen LogP contribution in [0, 0.1) is 27.7 Å². The van der Waals surface area contributed by atoms with Crippen LogP contribution in [0.1, 0.15) is 47.9 Å². The maximum atomic E-state index is 13.4. The molecule has 2 saturated heterocycles. The molecule has 0 spiro atoms. The molecule has 3 rings (SSSR count). The summed E-state index contributed by atoms with van der Waals surface area (Å²) < 4.78 is 28.4. The molecule has 1 aromatic carbocycles. The Morgan fingerprint density at radius 3 is 2.07 bits per heavy atom. The van der Waals surface area contributed by atoms with Gasteiger partial charge in [-0.25, -0.2) is 8.42 Å². The Bertz CT molecular complexity index is 816. The number of likely N-dealkylation sites (tertiary alicyclic amines) is 1. The number of rotatable bonds is 4. The van der Waals surface area contributed by atoms with E-state index in [9.17, 15) is 13.2 Å². The third kappa shape index (κ3) is 3.65. The van der Waals surface area contributed by atoms with Crippen LogP contribution in [-0.4, -0.2) is 55.2 Å². The molecule has 2 heterocycles. The maximum Gasteiger partial charge on any atom is 0.243 e. The molecule has 0 radical (unpaired) electrons. The highest BCUT2D eigenvalue weighted by atomic mass is 32.2. The van der Waals surface area contributed by atoms with Crippen LogP contribution in [0.15, 0.2) is 11.0 Å². The number of nitrogens with two attached hydrogens (primary N) is 1. The van der Waals surface area contributed by atoms with Crippen LogP contribution in [0.4, 0.5) is 0 Å². The van der Waals surface area contributed by atoms with Crippen LogP contribution < -0.4 is 5.73 Å². The van der Waals surface area contributed by atoms with E-state index in [0.717, 1.165) is 54.5 Å². The van der Waals surface area contributed by atoms with Gasteiger partial charge in [0.15, 0.2) is 0 Å². The predicted molar refractivity (Wildman–Crippen MR) is 106 cm³/mol. The summed E-state index contributed by atoms with van der Waals surface area (Å²) in [7, 11) is -3.52. The zero-order chi connectivity index (χ0) is 19.9. The van der Waals surface area contributed by atoms with E-state index in [2.05, 4.69) is 4.90 Å². The quantitative estimate of drug-likeness (QED) is 0.848. The molecule has 0 bridgehead atoms. The second-order valence-electron chi connectivity index (χ2n) is 8.02. The number of primary amides is 1. The van der Waals surface area contributed by atoms with Crippen molar-refractivity contribution in [2.75, 3.05) is 19.6 Å². The summed E-state index contributed by atoms with van der Waals surface area (Å²) in [6, 6.07) is 2.09. The Balaban J connectivity index is 1.79. The minimum absolute atomic E-state index is 0.193. The number of hydrogen-bond donors (Lipinski definition) is 1. The van der Waals surface area contributed by atoms with E-state index in [-0.39, 0.29) is 18.0 Å². The van der Waals surface area contributed by atoms with Crippen molar-refractivity contribution in [3.8, 4) is 0 Å². The average Bonchev–Trinajstić information content (AvgIpc) is 3.10. The van der Waals surface area contributed by atoms with Crippen molar-refractivity contribution in [2.45, 2.75) is 70.4 Å². The van der Waals surface area contributed by atoms with Gasteiger partial charge in [-0.05, 0) is 82.2 Å². The Hall–Kier alpha value is -1.44. The number of carbonyl (C=O) groups is 1. The maximum absolute atomic E-state index is 13.4. The minimum atomic E-state index is -3.52. The first-order chi connectivity index (χ1) is 12.6. The minimum Gasteiger partial charge on any atom is -0.368 e. The smallest absolute Gasteiger partial charge is 0.243 e. The molecule has 2 fully saturated rings.